The molecule has 0 saturated carbocycles. The molecule has 6 heteroatoms. The monoisotopic (exact) mass is 243 g/mol. The largest absolute Gasteiger partial charge is 0.481 e. The van der Waals surface area contributed by atoms with E-state index in [1.54, 1.807) is 6.07 Å². The van der Waals surface area contributed by atoms with Crippen LogP contribution in [0.1, 0.15) is 5.56 Å². The third kappa shape index (κ3) is 3.20. The predicted octanol–water partition coefficient (Wildman–Crippen LogP) is 1.15. The topological polar surface area (TPSA) is 76.5 Å². The molecule has 1 unspecified atom stereocenters. The first-order valence-electron chi connectivity index (χ1n) is 4.45. The average molecular weight is 244 g/mol. The molecule has 1 atom stereocenters. The lowest BCUT2D eigenvalue weighted by atomic mass is 10.0. The fourth-order valence-electron chi connectivity index (χ4n) is 1.22. The molecule has 1 heterocycles. The Morgan fingerprint density at radius 2 is 2.31 bits per heavy atom. The number of hydrogen-bond donors (Lipinski definition) is 1. The summed E-state index contributed by atoms with van der Waals surface area (Å²) in [6, 6.07) is 3.12. The number of carbonyl (C=O) groups excluding carboxylic acids is 1. The van der Waals surface area contributed by atoms with Gasteiger partial charge in [-0.15, -0.1) is 0 Å². The van der Waals surface area contributed by atoms with Crippen molar-refractivity contribution in [3.8, 4) is 0 Å². The summed E-state index contributed by atoms with van der Waals surface area (Å²) in [5, 5.41) is 9.11. The summed E-state index contributed by atoms with van der Waals surface area (Å²) < 4.78 is 4.41. The smallest absolute Gasteiger partial charge is 0.320 e. The Labute approximate surface area is 97.0 Å². The van der Waals surface area contributed by atoms with Crippen molar-refractivity contribution in [2.24, 2.45) is 5.92 Å². The van der Waals surface area contributed by atoms with E-state index in [4.69, 9.17) is 16.7 Å². The van der Waals surface area contributed by atoms with E-state index in [-0.39, 0.29) is 11.6 Å². The van der Waals surface area contributed by atoms with Gasteiger partial charge in [-0.25, -0.2) is 4.98 Å². The van der Waals surface area contributed by atoms with Crippen LogP contribution in [0.25, 0.3) is 0 Å². The van der Waals surface area contributed by atoms with E-state index in [1.165, 1.54) is 12.3 Å². The lowest BCUT2D eigenvalue weighted by Crippen LogP contribution is -2.27. The number of nitrogens with zero attached hydrogens (tertiary/aromatic N) is 1. The van der Waals surface area contributed by atoms with Crippen molar-refractivity contribution in [2.45, 2.75) is 6.42 Å². The van der Waals surface area contributed by atoms with Crippen molar-refractivity contribution in [1.82, 2.24) is 4.98 Å². The van der Waals surface area contributed by atoms with Gasteiger partial charge >= 0.3 is 11.9 Å². The minimum atomic E-state index is -1.22. The molecule has 16 heavy (non-hydrogen) atoms. The highest BCUT2D eigenvalue weighted by Gasteiger charge is 2.27. The maximum absolute atomic E-state index is 11.2. The number of carbonyl (C=O) groups is 2. The molecular weight excluding hydrogens is 234 g/mol. The summed E-state index contributed by atoms with van der Waals surface area (Å²) in [4.78, 5) is 25.8. The number of ether oxygens (including phenoxy) is 1. The molecule has 86 valence electrons. The van der Waals surface area contributed by atoms with Crippen molar-refractivity contribution in [1.29, 1.82) is 0 Å². The average Bonchev–Trinajstić information content (AvgIpc) is 2.24. The highest BCUT2D eigenvalue weighted by atomic mass is 35.5. The fourth-order valence-corrected chi connectivity index (χ4v) is 1.42. The van der Waals surface area contributed by atoms with Crippen molar-refractivity contribution in [3.63, 3.8) is 0 Å². The van der Waals surface area contributed by atoms with E-state index >= 15 is 0 Å². The Hall–Kier alpha value is -1.62. The van der Waals surface area contributed by atoms with Gasteiger partial charge in [0, 0.05) is 6.20 Å². The summed E-state index contributed by atoms with van der Waals surface area (Å²) >= 11 is 5.65. The summed E-state index contributed by atoms with van der Waals surface area (Å²) in [6.07, 6.45) is 1.48. The lowest BCUT2D eigenvalue weighted by Gasteiger charge is -2.09. The number of carboxylic acids is 1. The molecule has 0 amide bonds. The number of aromatic nitrogens is 1. The van der Waals surface area contributed by atoms with Crippen LogP contribution in [-0.4, -0.2) is 29.1 Å². The molecule has 1 aromatic heterocycles. The zero-order valence-corrected chi connectivity index (χ0v) is 9.27. The van der Waals surface area contributed by atoms with Gasteiger partial charge in [-0.3, -0.25) is 9.59 Å². The SMILES string of the molecule is COC(=O)C(Cc1ccnc(Cl)c1)C(=O)O. The minimum Gasteiger partial charge on any atom is -0.481 e. The third-order valence-corrected chi connectivity index (χ3v) is 2.22. The first-order chi connectivity index (χ1) is 7.54. The molecular formula is C10H10ClNO4. The van der Waals surface area contributed by atoms with Gasteiger partial charge in [-0.2, -0.15) is 0 Å². The second kappa shape index (κ2) is 5.46. The molecule has 0 spiro atoms. The number of hydrogen-bond acceptors (Lipinski definition) is 4. The van der Waals surface area contributed by atoms with Gasteiger partial charge < -0.3 is 9.84 Å². The second-order valence-corrected chi connectivity index (χ2v) is 3.49. The molecule has 1 N–H and O–H groups in total. The first kappa shape index (κ1) is 12.4. The van der Waals surface area contributed by atoms with Gasteiger partial charge in [0.15, 0.2) is 5.92 Å². The van der Waals surface area contributed by atoms with Gasteiger partial charge in [0.25, 0.3) is 0 Å². The van der Waals surface area contributed by atoms with Crippen molar-refractivity contribution < 1.29 is 19.4 Å². The number of esters is 1. The standard InChI is InChI=1S/C10H10ClNO4/c1-16-10(15)7(9(13)14)4-6-2-3-12-8(11)5-6/h2-3,5,7H,4H2,1H3,(H,13,14). The normalized spacial score (nSPS) is 11.9. The number of halogens is 1. The maximum Gasteiger partial charge on any atom is 0.320 e. The van der Waals surface area contributed by atoms with Gasteiger partial charge in [0.1, 0.15) is 5.15 Å². The quantitative estimate of drug-likeness (QED) is 0.488. The molecule has 0 aliphatic rings. The zero-order chi connectivity index (χ0) is 12.1. The first-order valence-corrected chi connectivity index (χ1v) is 4.83. The van der Waals surface area contributed by atoms with E-state index in [0.29, 0.717) is 5.56 Å². The molecule has 0 fully saturated rings. The summed E-state index contributed by atoms with van der Waals surface area (Å²) in [5.41, 5.74) is 0.623. The summed E-state index contributed by atoms with van der Waals surface area (Å²) in [5.74, 6) is -3.22. The van der Waals surface area contributed by atoms with Crippen LogP contribution in [0.5, 0.6) is 0 Å². The second-order valence-electron chi connectivity index (χ2n) is 3.10. The van der Waals surface area contributed by atoms with Crippen LogP contribution in [0.4, 0.5) is 0 Å². The number of rotatable bonds is 4. The van der Waals surface area contributed by atoms with E-state index in [1.807, 2.05) is 0 Å². The van der Waals surface area contributed by atoms with Crippen LogP contribution in [0.15, 0.2) is 18.3 Å². The lowest BCUT2D eigenvalue weighted by molar-refractivity contribution is -0.156. The molecule has 0 aliphatic heterocycles. The molecule has 0 aliphatic carbocycles. The van der Waals surface area contributed by atoms with Crippen molar-refractivity contribution >= 4 is 23.5 Å². The number of pyridine rings is 1. The van der Waals surface area contributed by atoms with Crippen LogP contribution in [-0.2, 0) is 20.7 Å². The third-order valence-electron chi connectivity index (χ3n) is 2.01. The molecule has 1 rings (SSSR count). The Kier molecular flexibility index (Phi) is 4.25. The van der Waals surface area contributed by atoms with E-state index in [9.17, 15) is 9.59 Å². The minimum absolute atomic E-state index is 0.0320. The maximum atomic E-state index is 11.2. The Morgan fingerprint density at radius 3 is 2.81 bits per heavy atom. The zero-order valence-electron chi connectivity index (χ0n) is 8.51. The molecule has 1 aromatic rings. The Balaban J connectivity index is 2.84. The highest BCUT2D eigenvalue weighted by Crippen LogP contribution is 2.13. The highest BCUT2D eigenvalue weighted by molar-refractivity contribution is 6.29. The van der Waals surface area contributed by atoms with Crippen LogP contribution in [0.3, 0.4) is 0 Å². The van der Waals surface area contributed by atoms with E-state index < -0.39 is 17.9 Å². The molecule has 5 nitrogen and oxygen atoms in total. The van der Waals surface area contributed by atoms with Crippen molar-refractivity contribution in [3.05, 3.63) is 29.0 Å². The van der Waals surface area contributed by atoms with Gasteiger partial charge in [0.05, 0.1) is 7.11 Å². The van der Waals surface area contributed by atoms with Gasteiger partial charge in [-0.05, 0) is 24.1 Å². The van der Waals surface area contributed by atoms with Gasteiger partial charge in [-0.1, -0.05) is 11.6 Å². The Morgan fingerprint density at radius 1 is 1.62 bits per heavy atom. The van der Waals surface area contributed by atoms with Crippen LogP contribution >= 0.6 is 11.6 Å². The molecule has 0 bridgehead atoms. The molecule has 0 saturated heterocycles. The fraction of sp³-hybridized carbons (Fsp3) is 0.300. The number of methoxy groups -OCH3 is 1. The van der Waals surface area contributed by atoms with E-state index in [0.717, 1.165) is 7.11 Å². The number of carboxylic acid groups (broad SMARTS) is 1. The van der Waals surface area contributed by atoms with Gasteiger partial charge in [0.2, 0.25) is 0 Å². The summed E-state index contributed by atoms with van der Waals surface area (Å²) in [7, 11) is 1.15. The summed E-state index contributed by atoms with van der Waals surface area (Å²) in [6.45, 7) is 0. The Bertz CT molecular complexity index is 408. The van der Waals surface area contributed by atoms with Crippen molar-refractivity contribution in [2.75, 3.05) is 7.11 Å². The predicted molar refractivity (Wildman–Crippen MR) is 56.1 cm³/mol. The molecule has 0 radical (unpaired) electrons. The van der Waals surface area contributed by atoms with Crippen LogP contribution in [0.2, 0.25) is 5.15 Å². The number of aliphatic carboxylic acids is 1. The van der Waals surface area contributed by atoms with Crippen LogP contribution < -0.4 is 0 Å². The van der Waals surface area contributed by atoms with Crippen LogP contribution in [0, 0.1) is 5.92 Å². The molecule has 0 aromatic carbocycles. The van der Waals surface area contributed by atoms with E-state index in [2.05, 4.69) is 9.72 Å².